The molecule has 1 atom stereocenters. The predicted octanol–water partition coefficient (Wildman–Crippen LogP) is 2.46. The highest BCUT2D eigenvalue weighted by atomic mass is 32.2. The molecule has 2 aromatic rings. The van der Waals surface area contributed by atoms with Gasteiger partial charge in [0.1, 0.15) is 10.8 Å². The third-order valence-corrected chi connectivity index (χ3v) is 4.38. The van der Waals surface area contributed by atoms with Crippen LogP contribution in [0.3, 0.4) is 0 Å². The highest BCUT2D eigenvalue weighted by Gasteiger charge is 2.24. The van der Waals surface area contributed by atoms with Crippen molar-refractivity contribution in [1.29, 1.82) is 0 Å². The Balaban J connectivity index is 2.26. The van der Waals surface area contributed by atoms with Crippen molar-refractivity contribution in [1.82, 2.24) is 15.1 Å². The molecule has 0 aliphatic heterocycles. The van der Waals surface area contributed by atoms with Gasteiger partial charge in [-0.1, -0.05) is 53.4 Å². The summed E-state index contributed by atoms with van der Waals surface area (Å²) in [6.07, 6.45) is 0. The van der Waals surface area contributed by atoms with Gasteiger partial charge in [-0.3, -0.25) is 4.79 Å². The number of likely N-dealkylation sites (N-methyl/N-ethyl adjacent to an activating group) is 1. The van der Waals surface area contributed by atoms with Gasteiger partial charge >= 0.3 is 0 Å². The van der Waals surface area contributed by atoms with E-state index >= 15 is 0 Å². The van der Waals surface area contributed by atoms with Crippen LogP contribution in [-0.4, -0.2) is 35.1 Å². The van der Waals surface area contributed by atoms with Gasteiger partial charge in [0.2, 0.25) is 5.91 Å². The van der Waals surface area contributed by atoms with E-state index in [1.807, 2.05) is 30.3 Å². The van der Waals surface area contributed by atoms with Crippen molar-refractivity contribution in [3.8, 4) is 0 Å². The SMILES string of the molecule is CN(C)C(=O)C(Sc1nncs1)c1ccccc1. The first-order valence-corrected chi connectivity index (χ1v) is 7.13. The van der Waals surface area contributed by atoms with Crippen LogP contribution in [0.5, 0.6) is 0 Å². The van der Waals surface area contributed by atoms with Crippen molar-refractivity contribution in [2.24, 2.45) is 0 Å². The molecule has 0 saturated carbocycles. The number of rotatable bonds is 4. The Morgan fingerprint density at radius 1 is 1.33 bits per heavy atom. The second kappa shape index (κ2) is 5.97. The summed E-state index contributed by atoms with van der Waals surface area (Å²) in [7, 11) is 3.53. The van der Waals surface area contributed by atoms with E-state index in [0.29, 0.717) is 0 Å². The molecular weight excluding hydrogens is 266 g/mol. The summed E-state index contributed by atoms with van der Waals surface area (Å²) in [5, 5.41) is 7.51. The van der Waals surface area contributed by atoms with Crippen LogP contribution in [0.15, 0.2) is 40.2 Å². The molecule has 1 heterocycles. The van der Waals surface area contributed by atoms with E-state index in [1.165, 1.54) is 23.1 Å². The number of carbonyl (C=O) groups is 1. The Morgan fingerprint density at radius 3 is 2.61 bits per heavy atom. The van der Waals surface area contributed by atoms with E-state index in [0.717, 1.165) is 9.90 Å². The molecule has 1 aromatic carbocycles. The molecule has 6 heteroatoms. The minimum Gasteiger partial charge on any atom is -0.348 e. The molecule has 4 nitrogen and oxygen atoms in total. The van der Waals surface area contributed by atoms with Crippen molar-refractivity contribution < 1.29 is 4.79 Å². The second-order valence-corrected chi connectivity index (χ2v) is 6.03. The summed E-state index contributed by atoms with van der Waals surface area (Å²) in [5.74, 6) is 0.0569. The van der Waals surface area contributed by atoms with Crippen molar-refractivity contribution in [2.45, 2.75) is 9.59 Å². The average Bonchev–Trinajstić information content (AvgIpc) is 2.89. The molecule has 18 heavy (non-hydrogen) atoms. The van der Waals surface area contributed by atoms with E-state index in [-0.39, 0.29) is 11.2 Å². The van der Waals surface area contributed by atoms with E-state index < -0.39 is 0 Å². The van der Waals surface area contributed by atoms with Crippen LogP contribution in [0.4, 0.5) is 0 Å². The first-order valence-electron chi connectivity index (χ1n) is 5.37. The number of carbonyl (C=O) groups excluding carboxylic acids is 1. The monoisotopic (exact) mass is 279 g/mol. The maximum Gasteiger partial charge on any atom is 0.240 e. The minimum absolute atomic E-state index is 0.0569. The fourth-order valence-corrected chi connectivity index (χ4v) is 3.26. The maximum absolute atomic E-state index is 12.2. The van der Waals surface area contributed by atoms with Crippen LogP contribution in [0.25, 0.3) is 0 Å². The first kappa shape index (κ1) is 13.0. The van der Waals surface area contributed by atoms with Gasteiger partial charge in [0.15, 0.2) is 4.34 Å². The van der Waals surface area contributed by atoms with Crippen molar-refractivity contribution in [3.05, 3.63) is 41.4 Å². The van der Waals surface area contributed by atoms with E-state index in [2.05, 4.69) is 10.2 Å². The Bertz CT molecular complexity index is 499. The summed E-state index contributed by atoms with van der Waals surface area (Å²) >= 11 is 2.88. The lowest BCUT2D eigenvalue weighted by Gasteiger charge is -2.19. The van der Waals surface area contributed by atoms with Gasteiger partial charge in [0, 0.05) is 14.1 Å². The fraction of sp³-hybridized carbons (Fsp3) is 0.250. The Labute approximate surface area is 114 Å². The van der Waals surface area contributed by atoms with Gasteiger partial charge in [-0.2, -0.15) is 0 Å². The average molecular weight is 279 g/mol. The second-order valence-electron chi connectivity index (χ2n) is 3.85. The lowest BCUT2D eigenvalue weighted by Crippen LogP contribution is -2.26. The number of benzene rings is 1. The predicted molar refractivity (Wildman–Crippen MR) is 73.6 cm³/mol. The third-order valence-electron chi connectivity index (χ3n) is 2.33. The molecule has 0 saturated heterocycles. The molecule has 1 amide bonds. The van der Waals surface area contributed by atoms with Gasteiger partial charge in [-0.25, -0.2) is 0 Å². The Hall–Kier alpha value is -1.40. The minimum atomic E-state index is -0.269. The van der Waals surface area contributed by atoms with Gasteiger partial charge in [0.05, 0.1) is 0 Å². The van der Waals surface area contributed by atoms with Crippen LogP contribution in [0.2, 0.25) is 0 Å². The van der Waals surface area contributed by atoms with Crippen LogP contribution in [0.1, 0.15) is 10.8 Å². The molecule has 0 spiro atoms. The molecule has 94 valence electrons. The van der Waals surface area contributed by atoms with Crippen LogP contribution in [0, 0.1) is 0 Å². The van der Waals surface area contributed by atoms with Crippen molar-refractivity contribution in [2.75, 3.05) is 14.1 Å². The van der Waals surface area contributed by atoms with Crippen LogP contribution < -0.4 is 0 Å². The third kappa shape index (κ3) is 3.08. The molecule has 1 aromatic heterocycles. The molecular formula is C12H13N3OS2. The molecule has 0 radical (unpaired) electrons. The van der Waals surface area contributed by atoms with E-state index in [1.54, 1.807) is 24.5 Å². The topological polar surface area (TPSA) is 46.1 Å². The first-order chi connectivity index (χ1) is 8.68. The number of aromatic nitrogens is 2. The lowest BCUT2D eigenvalue weighted by molar-refractivity contribution is -0.128. The zero-order valence-electron chi connectivity index (χ0n) is 10.1. The molecule has 2 rings (SSSR count). The molecule has 0 aliphatic rings. The smallest absolute Gasteiger partial charge is 0.240 e. The fourth-order valence-electron chi connectivity index (χ4n) is 1.44. The normalized spacial score (nSPS) is 12.1. The number of hydrogen-bond donors (Lipinski definition) is 0. The van der Waals surface area contributed by atoms with Crippen molar-refractivity contribution >= 4 is 29.0 Å². The highest BCUT2D eigenvalue weighted by molar-refractivity contribution is 8.01. The zero-order chi connectivity index (χ0) is 13.0. The summed E-state index contributed by atoms with van der Waals surface area (Å²) < 4.78 is 0.805. The highest BCUT2D eigenvalue weighted by Crippen LogP contribution is 2.36. The summed E-state index contributed by atoms with van der Waals surface area (Å²) in [6, 6.07) is 9.73. The van der Waals surface area contributed by atoms with E-state index in [4.69, 9.17) is 0 Å². The summed E-state index contributed by atoms with van der Waals surface area (Å²) in [5.41, 5.74) is 2.65. The van der Waals surface area contributed by atoms with Gasteiger partial charge in [0.25, 0.3) is 0 Å². The van der Waals surface area contributed by atoms with Crippen LogP contribution in [-0.2, 0) is 4.79 Å². The zero-order valence-corrected chi connectivity index (χ0v) is 11.7. The quantitative estimate of drug-likeness (QED) is 0.807. The summed E-state index contributed by atoms with van der Waals surface area (Å²) in [6.45, 7) is 0. The maximum atomic E-state index is 12.2. The number of amides is 1. The molecule has 0 fully saturated rings. The van der Waals surface area contributed by atoms with Gasteiger partial charge < -0.3 is 4.90 Å². The number of thioether (sulfide) groups is 1. The van der Waals surface area contributed by atoms with Gasteiger partial charge in [-0.05, 0) is 5.56 Å². The Kier molecular flexibility index (Phi) is 4.33. The molecule has 0 bridgehead atoms. The molecule has 0 aliphatic carbocycles. The van der Waals surface area contributed by atoms with Gasteiger partial charge in [-0.15, -0.1) is 10.2 Å². The molecule has 0 N–H and O–H groups in total. The van der Waals surface area contributed by atoms with E-state index in [9.17, 15) is 4.79 Å². The summed E-state index contributed by atoms with van der Waals surface area (Å²) in [4.78, 5) is 13.8. The lowest BCUT2D eigenvalue weighted by atomic mass is 10.1. The molecule has 1 unspecified atom stereocenters. The Morgan fingerprint density at radius 2 is 2.06 bits per heavy atom. The van der Waals surface area contributed by atoms with Crippen LogP contribution >= 0.6 is 23.1 Å². The number of hydrogen-bond acceptors (Lipinski definition) is 5. The van der Waals surface area contributed by atoms with Crippen molar-refractivity contribution in [3.63, 3.8) is 0 Å². The largest absolute Gasteiger partial charge is 0.348 e. The number of nitrogens with zero attached hydrogens (tertiary/aromatic N) is 3. The standard InChI is InChI=1S/C12H13N3OS2/c1-15(2)11(16)10(9-6-4-3-5-7-9)18-12-14-13-8-17-12/h3-8,10H,1-2H3.